The van der Waals surface area contributed by atoms with Crippen molar-refractivity contribution >= 4 is 5.69 Å². The minimum Gasteiger partial charge on any atom is -0.493 e. The van der Waals surface area contributed by atoms with Crippen LogP contribution in [0.5, 0.6) is 17.2 Å². The van der Waals surface area contributed by atoms with Crippen LogP contribution in [0, 0.1) is 0 Å². The number of para-hydroxylation sites is 1. The summed E-state index contributed by atoms with van der Waals surface area (Å²) in [6, 6.07) is 10.6. The second kappa shape index (κ2) is 10.1. The monoisotopic (exact) mass is 440 g/mol. The van der Waals surface area contributed by atoms with Crippen LogP contribution in [-0.2, 0) is 6.18 Å². The van der Waals surface area contributed by atoms with E-state index in [2.05, 4.69) is 4.90 Å². The number of alkyl halides is 3. The van der Waals surface area contributed by atoms with Crippen LogP contribution in [-0.4, -0.2) is 69.7 Å². The zero-order valence-electron chi connectivity index (χ0n) is 17.6. The Labute approximate surface area is 179 Å². The fraction of sp³-hybridized carbons (Fsp3) is 0.455. The summed E-state index contributed by atoms with van der Waals surface area (Å²) in [5.74, 6) is 1.46. The Morgan fingerprint density at radius 3 is 2.16 bits per heavy atom. The molecule has 1 aliphatic heterocycles. The van der Waals surface area contributed by atoms with Crippen LogP contribution in [0.3, 0.4) is 0 Å². The van der Waals surface area contributed by atoms with Crippen LogP contribution in [0.2, 0.25) is 0 Å². The first-order valence-electron chi connectivity index (χ1n) is 9.98. The van der Waals surface area contributed by atoms with E-state index in [1.807, 2.05) is 4.90 Å². The van der Waals surface area contributed by atoms with E-state index in [9.17, 15) is 18.3 Å². The molecule has 1 N–H and O–H groups in total. The average Bonchev–Trinajstić information content (AvgIpc) is 2.77. The number of aliphatic hydroxyl groups is 1. The Morgan fingerprint density at radius 1 is 0.968 bits per heavy atom. The zero-order chi connectivity index (χ0) is 22.4. The van der Waals surface area contributed by atoms with Crippen LogP contribution < -0.4 is 19.1 Å². The maximum absolute atomic E-state index is 12.9. The van der Waals surface area contributed by atoms with Crippen molar-refractivity contribution < 1.29 is 32.5 Å². The normalized spacial score (nSPS) is 16.1. The Balaban J connectivity index is 1.50. The highest BCUT2D eigenvalue weighted by Gasteiger charge is 2.31. The second-order valence-electron chi connectivity index (χ2n) is 7.29. The summed E-state index contributed by atoms with van der Waals surface area (Å²) in [7, 11) is 3.06. The maximum atomic E-state index is 12.9. The number of methoxy groups -OCH3 is 2. The summed E-state index contributed by atoms with van der Waals surface area (Å²) >= 11 is 0. The molecule has 0 saturated carbocycles. The molecule has 31 heavy (non-hydrogen) atoms. The number of nitrogens with zero attached hydrogens (tertiary/aromatic N) is 2. The van der Waals surface area contributed by atoms with Gasteiger partial charge < -0.3 is 24.2 Å². The number of halogens is 3. The molecular formula is C22H27F3N2O4. The number of aliphatic hydroxyl groups excluding tert-OH is 1. The molecule has 0 unspecified atom stereocenters. The summed E-state index contributed by atoms with van der Waals surface area (Å²) in [5.41, 5.74) is -0.0895. The number of hydrogen-bond donors (Lipinski definition) is 1. The summed E-state index contributed by atoms with van der Waals surface area (Å²) < 4.78 is 55.2. The van der Waals surface area contributed by atoms with Crippen LogP contribution in [0.25, 0.3) is 0 Å². The molecule has 1 heterocycles. The number of hydrogen-bond acceptors (Lipinski definition) is 6. The van der Waals surface area contributed by atoms with E-state index in [1.54, 1.807) is 24.3 Å². The quantitative estimate of drug-likeness (QED) is 0.680. The zero-order valence-corrected chi connectivity index (χ0v) is 17.6. The molecule has 0 spiro atoms. The molecule has 1 aliphatic rings. The molecule has 0 bridgehead atoms. The van der Waals surface area contributed by atoms with Crippen LogP contribution in [0.1, 0.15) is 5.56 Å². The van der Waals surface area contributed by atoms with Gasteiger partial charge in [-0.3, -0.25) is 4.90 Å². The third-order valence-corrected chi connectivity index (χ3v) is 5.18. The van der Waals surface area contributed by atoms with Crippen LogP contribution in [0.4, 0.5) is 18.9 Å². The Hall–Kier alpha value is -2.65. The molecular weight excluding hydrogens is 413 g/mol. The van der Waals surface area contributed by atoms with Gasteiger partial charge in [0.25, 0.3) is 0 Å². The highest BCUT2D eigenvalue weighted by molar-refractivity contribution is 5.51. The smallest absolute Gasteiger partial charge is 0.416 e. The largest absolute Gasteiger partial charge is 0.493 e. The van der Waals surface area contributed by atoms with Crippen molar-refractivity contribution in [2.45, 2.75) is 12.3 Å². The predicted octanol–water partition coefficient (Wildman–Crippen LogP) is 3.28. The van der Waals surface area contributed by atoms with E-state index in [1.165, 1.54) is 26.4 Å². The number of anilines is 1. The average molecular weight is 440 g/mol. The van der Waals surface area contributed by atoms with Gasteiger partial charge in [-0.1, -0.05) is 12.1 Å². The predicted molar refractivity (Wildman–Crippen MR) is 111 cm³/mol. The molecule has 1 saturated heterocycles. The lowest BCUT2D eigenvalue weighted by molar-refractivity contribution is -0.137. The molecule has 0 aromatic heterocycles. The third-order valence-electron chi connectivity index (χ3n) is 5.18. The van der Waals surface area contributed by atoms with Gasteiger partial charge in [0.15, 0.2) is 11.5 Å². The minimum atomic E-state index is -4.36. The van der Waals surface area contributed by atoms with E-state index >= 15 is 0 Å². The molecule has 0 aliphatic carbocycles. The van der Waals surface area contributed by atoms with Crippen molar-refractivity contribution in [3.05, 3.63) is 48.0 Å². The van der Waals surface area contributed by atoms with E-state index in [0.29, 0.717) is 55.7 Å². The van der Waals surface area contributed by atoms with Gasteiger partial charge in [0.2, 0.25) is 5.75 Å². The maximum Gasteiger partial charge on any atom is 0.416 e. The lowest BCUT2D eigenvalue weighted by Gasteiger charge is -2.37. The molecule has 2 aromatic rings. The molecule has 0 radical (unpaired) electrons. The Morgan fingerprint density at radius 2 is 1.58 bits per heavy atom. The molecule has 9 heteroatoms. The Bertz CT molecular complexity index is 833. The van der Waals surface area contributed by atoms with Gasteiger partial charge >= 0.3 is 6.18 Å². The molecule has 0 amide bonds. The lowest BCUT2D eigenvalue weighted by atomic mass is 10.1. The first kappa shape index (κ1) is 23.0. The summed E-state index contributed by atoms with van der Waals surface area (Å²) in [4.78, 5) is 3.99. The van der Waals surface area contributed by atoms with Gasteiger partial charge in [-0.05, 0) is 30.3 Å². The minimum absolute atomic E-state index is 0.0601. The van der Waals surface area contributed by atoms with Crippen molar-refractivity contribution in [1.29, 1.82) is 0 Å². The van der Waals surface area contributed by atoms with Gasteiger partial charge in [0, 0.05) is 38.4 Å². The number of β-amino-alcohol motifs (C(OH)–C–C–N with tert-alkyl or cyclic N) is 1. The van der Waals surface area contributed by atoms with E-state index < -0.39 is 17.8 Å². The van der Waals surface area contributed by atoms with Gasteiger partial charge in [-0.15, -0.1) is 0 Å². The number of ether oxygens (including phenoxy) is 3. The molecule has 2 aromatic carbocycles. The standard InChI is InChI=1S/C22H27F3N2O4/c1-29-19-7-4-8-20(30-2)21(19)31-15-18(28)14-26-9-11-27(12-10-26)17-6-3-5-16(13-17)22(23,24)25/h3-8,13,18,28H,9-12,14-15H2,1-2H3/t18-/m0/s1. The molecule has 1 atom stereocenters. The van der Waals surface area contributed by atoms with Crippen molar-refractivity contribution in [3.8, 4) is 17.2 Å². The molecule has 170 valence electrons. The second-order valence-corrected chi connectivity index (χ2v) is 7.29. The fourth-order valence-corrected chi connectivity index (χ4v) is 3.56. The van der Waals surface area contributed by atoms with E-state index in [-0.39, 0.29) is 6.61 Å². The van der Waals surface area contributed by atoms with E-state index in [4.69, 9.17) is 14.2 Å². The summed E-state index contributed by atoms with van der Waals surface area (Å²) in [6.45, 7) is 2.87. The number of rotatable bonds is 8. The summed E-state index contributed by atoms with van der Waals surface area (Å²) in [5, 5.41) is 10.4. The van der Waals surface area contributed by atoms with Gasteiger partial charge in [0.05, 0.1) is 19.8 Å². The Kier molecular flexibility index (Phi) is 7.50. The molecule has 3 rings (SSSR count). The summed E-state index contributed by atoms with van der Waals surface area (Å²) in [6.07, 6.45) is -5.10. The number of benzene rings is 2. The van der Waals surface area contributed by atoms with Crippen molar-refractivity contribution in [3.63, 3.8) is 0 Å². The molecule has 1 fully saturated rings. The van der Waals surface area contributed by atoms with Gasteiger partial charge in [0.1, 0.15) is 12.7 Å². The fourth-order valence-electron chi connectivity index (χ4n) is 3.56. The lowest BCUT2D eigenvalue weighted by Crippen LogP contribution is -2.49. The van der Waals surface area contributed by atoms with Gasteiger partial charge in [-0.25, -0.2) is 0 Å². The van der Waals surface area contributed by atoms with E-state index in [0.717, 1.165) is 6.07 Å². The molecule has 6 nitrogen and oxygen atoms in total. The van der Waals surface area contributed by atoms with Crippen LogP contribution in [0.15, 0.2) is 42.5 Å². The van der Waals surface area contributed by atoms with Crippen LogP contribution >= 0.6 is 0 Å². The first-order valence-corrected chi connectivity index (χ1v) is 9.98. The topological polar surface area (TPSA) is 54.4 Å². The highest BCUT2D eigenvalue weighted by Crippen LogP contribution is 2.37. The van der Waals surface area contributed by atoms with Crippen molar-refractivity contribution in [1.82, 2.24) is 4.90 Å². The first-order chi connectivity index (χ1) is 14.8. The van der Waals surface area contributed by atoms with Crippen molar-refractivity contribution in [2.24, 2.45) is 0 Å². The SMILES string of the molecule is COc1cccc(OC)c1OC[C@@H](O)CN1CCN(c2cccc(C(F)(F)F)c2)CC1. The van der Waals surface area contributed by atoms with Gasteiger partial charge in [-0.2, -0.15) is 13.2 Å². The number of piperazine rings is 1. The third kappa shape index (κ3) is 5.95. The highest BCUT2D eigenvalue weighted by atomic mass is 19.4. The van der Waals surface area contributed by atoms with Crippen molar-refractivity contribution in [2.75, 3.05) is 58.5 Å².